The normalized spacial score (nSPS) is 20.8. The van der Waals surface area contributed by atoms with Crippen LogP contribution in [-0.4, -0.2) is 75.5 Å². The number of aromatic nitrogens is 3. The number of carbonyl (C=O) groups is 2. The van der Waals surface area contributed by atoms with Gasteiger partial charge >= 0.3 is 5.97 Å². The Morgan fingerprint density at radius 2 is 2.10 bits per heavy atom. The molecule has 5 rings (SSSR count). The van der Waals surface area contributed by atoms with Gasteiger partial charge in [-0.2, -0.15) is 22.1 Å². The monoisotopic (exact) mass is 592 g/mol. The molecule has 2 N–H and O–H groups in total. The molecule has 3 aromatic rings. The quantitative estimate of drug-likeness (QED) is 0.372. The van der Waals surface area contributed by atoms with Gasteiger partial charge in [0.15, 0.2) is 11.9 Å². The molecule has 2 aliphatic rings. The molecular formula is C30H36N6O5S. The van der Waals surface area contributed by atoms with Crippen LogP contribution in [-0.2, 0) is 19.8 Å². The Labute approximate surface area is 248 Å². The molecular weight excluding hydrogens is 556 g/mol. The lowest BCUT2D eigenvalue weighted by atomic mass is 9.87. The molecule has 1 aromatic carbocycles. The van der Waals surface area contributed by atoms with E-state index in [9.17, 15) is 19.6 Å². The Balaban J connectivity index is 1.43. The van der Waals surface area contributed by atoms with Crippen LogP contribution in [0.5, 0.6) is 0 Å². The Morgan fingerprint density at radius 3 is 2.76 bits per heavy atom. The molecule has 0 aliphatic carbocycles. The number of ether oxygens (including phenoxy) is 2. The molecule has 2 atom stereocenters. The predicted octanol–water partition coefficient (Wildman–Crippen LogP) is 3.95. The van der Waals surface area contributed by atoms with Crippen LogP contribution < -0.4 is 10.9 Å². The molecule has 12 heteroatoms. The molecule has 1 amide bonds. The second-order valence-electron chi connectivity index (χ2n) is 11.3. The first-order valence-electron chi connectivity index (χ1n) is 14.2. The molecule has 2 aliphatic heterocycles. The van der Waals surface area contributed by atoms with E-state index in [1.54, 1.807) is 23.0 Å². The number of aromatic amines is 1. The SMILES string of the molecule is Cc1cc(Nc2nn([C@]3(CC#N)CC[C@@H](C(=O)OCC(C)C)OC3)c3cc[nH]c(=O)c23)ccc1C(=O)N1CCSCC1. The summed E-state index contributed by atoms with van der Waals surface area (Å²) >= 11 is 1.85. The van der Waals surface area contributed by atoms with Crippen LogP contribution >= 0.6 is 11.8 Å². The lowest BCUT2D eigenvalue weighted by molar-refractivity contribution is -0.166. The molecule has 0 unspecified atom stereocenters. The van der Waals surface area contributed by atoms with Gasteiger partial charge in [-0.15, -0.1) is 0 Å². The number of hydrogen-bond acceptors (Lipinski definition) is 9. The van der Waals surface area contributed by atoms with Crippen molar-refractivity contribution in [2.45, 2.75) is 51.7 Å². The second-order valence-corrected chi connectivity index (χ2v) is 12.5. The van der Waals surface area contributed by atoms with Gasteiger partial charge in [0.25, 0.3) is 11.5 Å². The highest BCUT2D eigenvalue weighted by Crippen LogP contribution is 2.37. The summed E-state index contributed by atoms with van der Waals surface area (Å²) in [6.07, 6.45) is 1.71. The first-order chi connectivity index (χ1) is 20.2. The number of benzene rings is 1. The Bertz CT molecular complexity index is 1560. The zero-order chi connectivity index (χ0) is 29.9. The van der Waals surface area contributed by atoms with Crippen molar-refractivity contribution >= 4 is 46.0 Å². The molecule has 2 saturated heterocycles. The van der Waals surface area contributed by atoms with E-state index in [4.69, 9.17) is 14.6 Å². The van der Waals surface area contributed by atoms with Crippen molar-refractivity contribution in [3.05, 3.63) is 51.9 Å². The number of rotatable bonds is 8. The average molecular weight is 593 g/mol. The van der Waals surface area contributed by atoms with Crippen molar-refractivity contribution in [2.75, 3.05) is 43.1 Å². The maximum absolute atomic E-state index is 13.1. The summed E-state index contributed by atoms with van der Waals surface area (Å²) in [5, 5.41) is 18.2. The number of pyridine rings is 1. The summed E-state index contributed by atoms with van der Waals surface area (Å²) in [6, 6.07) is 9.48. The van der Waals surface area contributed by atoms with Gasteiger partial charge < -0.3 is 24.7 Å². The number of nitrogens with one attached hydrogen (secondary N) is 2. The summed E-state index contributed by atoms with van der Waals surface area (Å²) in [6.45, 7) is 7.68. The van der Waals surface area contributed by atoms with Crippen LogP contribution in [0.2, 0.25) is 0 Å². The first kappa shape index (κ1) is 29.7. The minimum Gasteiger partial charge on any atom is -0.463 e. The van der Waals surface area contributed by atoms with Crippen LogP contribution in [0.4, 0.5) is 11.5 Å². The van der Waals surface area contributed by atoms with Crippen LogP contribution in [0, 0.1) is 24.2 Å². The molecule has 0 radical (unpaired) electrons. The van der Waals surface area contributed by atoms with Crippen LogP contribution in [0.15, 0.2) is 35.3 Å². The lowest BCUT2D eigenvalue weighted by Crippen LogP contribution is -2.47. The molecule has 0 spiro atoms. The molecule has 0 bridgehead atoms. The van der Waals surface area contributed by atoms with Crippen molar-refractivity contribution in [3.63, 3.8) is 0 Å². The van der Waals surface area contributed by atoms with Gasteiger partial charge in [-0.1, -0.05) is 13.8 Å². The van der Waals surface area contributed by atoms with Crippen LogP contribution in [0.1, 0.15) is 49.0 Å². The highest BCUT2D eigenvalue weighted by molar-refractivity contribution is 7.99. The van der Waals surface area contributed by atoms with E-state index in [2.05, 4.69) is 16.4 Å². The number of nitriles is 1. The summed E-state index contributed by atoms with van der Waals surface area (Å²) in [4.78, 5) is 43.3. The van der Waals surface area contributed by atoms with Crippen LogP contribution in [0.25, 0.3) is 10.9 Å². The van der Waals surface area contributed by atoms with E-state index in [0.29, 0.717) is 47.4 Å². The second kappa shape index (κ2) is 12.6. The van der Waals surface area contributed by atoms with E-state index in [1.165, 1.54) is 0 Å². The van der Waals surface area contributed by atoms with E-state index in [-0.39, 0.29) is 30.4 Å². The minimum atomic E-state index is -0.880. The van der Waals surface area contributed by atoms with Crippen molar-refractivity contribution < 1.29 is 19.1 Å². The van der Waals surface area contributed by atoms with Gasteiger partial charge in [-0.3, -0.25) is 14.3 Å². The Hall–Kier alpha value is -3.82. The number of esters is 1. The number of nitrogens with zero attached hydrogens (tertiary/aromatic N) is 4. The number of thioether (sulfide) groups is 1. The van der Waals surface area contributed by atoms with Gasteiger partial charge in [0.05, 0.1) is 36.8 Å². The highest BCUT2D eigenvalue weighted by atomic mass is 32.2. The average Bonchev–Trinajstić information content (AvgIpc) is 3.36. The third kappa shape index (κ3) is 6.03. The number of fused-ring (bicyclic) bond motifs is 1. The van der Waals surface area contributed by atoms with E-state index >= 15 is 0 Å². The fourth-order valence-corrected chi connectivity index (χ4v) is 6.35. The van der Waals surface area contributed by atoms with Crippen molar-refractivity contribution in [2.24, 2.45) is 5.92 Å². The summed E-state index contributed by atoms with van der Waals surface area (Å²) in [5.41, 5.74) is 1.48. The fourth-order valence-electron chi connectivity index (χ4n) is 5.45. The number of amides is 1. The van der Waals surface area contributed by atoms with E-state index < -0.39 is 17.6 Å². The maximum Gasteiger partial charge on any atom is 0.335 e. The molecule has 42 heavy (non-hydrogen) atoms. The van der Waals surface area contributed by atoms with E-state index in [0.717, 1.165) is 30.2 Å². The Morgan fingerprint density at radius 1 is 1.31 bits per heavy atom. The largest absolute Gasteiger partial charge is 0.463 e. The topological polar surface area (TPSA) is 142 Å². The van der Waals surface area contributed by atoms with Crippen LogP contribution in [0.3, 0.4) is 0 Å². The first-order valence-corrected chi connectivity index (χ1v) is 15.4. The standard InChI is InChI=1S/C30H36N6O5S/c1-19(2)17-40-29(39)24-6-8-30(9-10-31,18-41-24)36-23-7-11-32-27(37)25(23)26(34-36)33-21-4-5-22(20(3)16-21)28(38)35-12-14-42-15-13-35/h4-5,7,11,16,19,24H,6,8-9,12-15,17-18H2,1-3H3,(H,32,37)(H,33,34)/t24-,30-/m0/s1. The summed E-state index contributed by atoms with van der Waals surface area (Å²) in [7, 11) is 0. The van der Waals surface area contributed by atoms with Gasteiger partial charge in [0.1, 0.15) is 5.39 Å². The fraction of sp³-hybridized carbons (Fsp3) is 0.500. The molecule has 4 heterocycles. The molecule has 2 fully saturated rings. The molecule has 2 aromatic heterocycles. The minimum absolute atomic E-state index is 0.0210. The number of carbonyl (C=O) groups excluding carboxylic acids is 2. The molecule has 0 saturated carbocycles. The smallest absolute Gasteiger partial charge is 0.335 e. The molecule has 11 nitrogen and oxygen atoms in total. The lowest BCUT2D eigenvalue weighted by Gasteiger charge is -2.38. The third-order valence-corrected chi connectivity index (χ3v) is 8.67. The Kier molecular flexibility index (Phi) is 8.89. The number of aryl methyl sites for hydroxylation is 1. The van der Waals surface area contributed by atoms with Gasteiger partial charge in [0.2, 0.25) is 0 Å². The number of H-pyrrole nitrogens is 1. The van der Waals surface area contributed by atoms with E-state index in [1.807, 2.05) is 49.6 Å². The number of hydrogen-bond donors (Lipinski definition) is 2. The molecule has 222 valence electrons. The number of anilines is 2. The summed E-state index contributed by atoms with van der Waals surface area (Å²) < 4.78 is 13.0. The highest BCUT2D eigenvalue weighted by Gasteiger charge is 2.42. The summed E-state index contributed by atoms with van der Waals surface area (Å²) in [5.74, 6) is 2.03. The zero-order valence-electron chi connectivity index (χ0n) is 24.1. The predicted molar refractivity (Wildman–Crippen MR) is 161 cm³/mol. The van der Waals surface area contributed by atoms with Crippen molar-refractivity contribution in [1.29, 1.82) is 5.26 Å². The van der Waals surface area contributed by atoms with Gasteiger partial charge in [0, 0.05) is 42.0 Å². The third-order valence-electron chi connectivity index (χ3n) is 7.73. The van der Waals surface area contributed by atoms with Gasteiger partial charge in [-0.25, -0.2) is 4.79 Å². The van der Waals surface area contributed by atoms with Crippen molar-refractivity contribution in [1.82, 2.24) is 19.7 Å². The maximum atomic E-state index is 13.1. The zero-order valence-corrected chi connectivity index (χ0v) is 25.0. The van der Waals surface area contributed by atoms with Gasteiger partial charge in [-0.05, 0) is 55.5 Å². The van der Waals surface area contributed by atoms with Crippen molar-refractivity contribution in [3.8, 4) is 6.07 Å².